The Labute approximate surface area is 62.4 Å². The van der Waals surface area contributed by atoms with E-state index in [0.29, 0.717) is 0 Å². The summed E-state index contributed by atoms with van der Waals surface area (Å²) in [6.07, 6.45) is 5.40. The number of allylic oxidation sites excluding steroid dienone is 2. The van der Waals surface area contributed by atoms with Crippen molar-refractivity contribution in [1.29, 1.82) is 0 Å². The highest BCUT2D eigenvalue weighted by Gasteiger charge is 2.03. The van der Waals surface area contributed by atoms with Crippen LogP contribution in [0.3, 0.4) is 0 Å². The summed E-state index contributed by atoms with van der Waals surface area (Å²) in [7, 11) is 0. The summed E-state index contributed by atoms with van der Waals surface area (Å²) in [6.45, 7) is 5.90. The van der Waals surface area contributed by atoms with Gasteiger partial charge in [-0.3, -0.25) is 0 Å². The standard InChI is InChI=1S/C9H14O/c1-3-8(2)9-4-6-10-7-5-9/h3-4H,5-7H2,1-2H3/b8-3-. The van der Waals surface area contributed by atoms with Crippen LogP contribution in [-0.2, 0) is 4.74 Å². The molecule has 0 spiro atoms. The lowest BCUT2D eigenvalue weighted by Gasteiger charge is -2.13. The third kappa shape index (κ3) is 1.71. The third-order valence-corrected chi connectivity index (χ3v) is 1.90. The van der Waals surface area contributed by atoms with E-state index in [0.717, 1.165) is 19.6 Å². The topological polar surface area (TPSA) is 9.23 Å². The van der Waals surface area contributed by atoms with Crippen LogP contribution in [0.5, 0.6) is 0 Å². The highest BCUT2D eigenvalue weighted by atomic mass is 16.5. The fourth-order valence-electron chi connectivity index (χ4n) is 1.07. The van der Waals surface area contributed by atoms with Gasteiger partial charge < -0.3 is 4.74 Å². The van der Waals surface area contributed by atoms with E-state index in [9.17, 15) is 0 Å². The molecule has 0 unspecified atom stereocenters. The van der Waals surface area contributed by atoms with Crippen LogP contribution in [-0.4, -0.2) is 13.2 Å². The molecule has 0 aromatic heterocycles. The molecule has 1 heteroatoms. The molecular formula is C9H14O. The monoisotopic (exact) mass is 138 g/mol. The van der Waals surface area contributed by atoms with Gasteiger partial charge in [0.05, 0.1) is 13.2 Å². The van der Waals surface area contributed by atoms with E-state index >= 15 is 0 Å². The molecule has 0 fully saturated rings. The Kier molecular flexibility index (Phi) is 2.69. The van der Waals surface area contributed by atoms with Crippen molar-refractivity contribution in [3.05, 3.63) is 23.3 Å². The molecule has 0 aliphatic carbocycles. The molecule has 0 atom stereocenters. The highest BCUT2D eigenvalue weighted by Crippen LogP contribution is 2.16. The smallest absolute Gasteiger partial charge is 0.0653 e. The quantitative estimate of drug-likeness (QED) is 0.540. The zero-order valence-corrected chi connectivity index (χ0v) is 6.68. The Bertz CT molecular complexity index is 166. The van der Waals surface area contributed by atoms with E-state index in [-0.39, 0.29) is 0 Å². The van der Waals surface area contributed by atoms with E-state index in [2.05, 4.69) is 26.0 Å². The number of ether oxygens (including phenoxy) is 1. The molecule has 0 saturated heterocycles. The van der Waals surface area contributed by atoms with Crippen LogP contribution >= 0.6 is 0 Å². The zero-order chi connectivity index (χ0) is 7.40. The van der Waals surface area contributed by atoms with E-state index in [1.807, 2.05) is 0 Å². The van der Waals surface area contributed by atoms with Crippen LogP contribution < -0.4 is 0 Å². The van der Waals surface area contributed by atoms with Gasteiger partial charge in [-0.05, 0) is 25.8 Å². The van der Waals surface area contributed by atoms with E-state index < -0.39 is 0 Å². The van der Waals surface area contributed by atoms with Crippen LogP contribution in [0.25, 0.3) is 0 Å². The van der Waals surface area contributed by atoms with Gasteiger partial charge in [0, 0.05) is 0 Å². The second-order valence-electron chi connectivity index (χ2n) is 2.53. The molecule has 0 aromatic rings. The number of rotatable bonds is 1. The maximum atomic E-state index is 5.19. The summed E-state index contributed by atoms with van der Waals surface area (Å²) in [6, 6.07) is 0. The molecule has 0 bridgehead atoms. The fourth-order valence-corrected chi connectivity index (χ4v) is 1.07. The molecule has 0 aromatic carbocycles. The lowest BCUT2D eigenvalue weighted by molar-refractivity contribution is 0.155. The van der Waals surface area contributed by atoms with Gasteiger partial charge in [0.2, 0.25) is 0 Å². The first-order valence-electron chi connectivity index (χ1n) is 3.74. The van der Waals surface area contributed by atoms with Crippen LogP contribution in [0, 0.1) is 0 Å². The predicted octanol–water partition coefficient (Wildman–Crippen LogP) is 2.30. The maximum Gasteiger partial charge on any atom is 0.0653 e. The predicted molar refractivity (Wildman–Crippen MR) is 43.0 cm³/mol. The molecule has 1 rings (SSSR count). The molecule has 0 saturated carbocycles. The first kappa shape index (κ1) is 7.55. The minimum Gasteiger partial charge on any atom is -0.377 e. The summed E-state index contributed by atoms with van der Waals surface area (Å²) in [5.74, 6) is 0. The second kappa shape index (κ2) is 3.57. The number of hydrogen-bond acceptors (Lipinski definition) is 1. The van der Waals surface area contributed by atoms with Crippen molar-refractivity contribution in [3.63, 3.8) is 0 Å². The van der Waals surface area contributed by atoms with Crippen molar-refractivity contribution >= 4 is 0 Å². The Morgan fingerprint density at radius 1 is 1.70 bits per heavy atom. The summed E-state index contributed by atoms with van der Waals surface area (Å²) >= 11 is 0. The summed E-state index contributed by atoms with van der Waals surface area (Å²) in [5.41, 5.74) is 2.84. The molecule has 56 valence electrons. The molecule has 0 amide bonds. The first-order valence-corrected chi connectivity index (χ1v) is 3.74. The van der Waals surface area contributed by atoms with Crippen LogP contribution in [0.1, 0.15) is 20.3 Å². The molecule has 0 N–H and O–H groups in total. The maximum absolute atomic E-state index is 5.19. The van der Waals surface area contributed by atoms with Gasteiger partial charge in [0.25, 0.3) is 0 Å². The average Bonchev–Trinajstić information content (AvgIpc) is 2.05. The normalized spacial score (nSPS) is 20.6. The van der Waals surface area contributed by atoms with Crippen LogP contribution in [0.15, 0.2) is 23.3 Å². The van der Waals surface area contributed by atoms with Crippen molar-refractivity contribution in [1.82, 2.24) is 0 Å². The first-order chi connectivity index (χ1) is 4.84. The zero-order valence-electron chi connectivity index (χ0n) is 6.68. The van der Waals surface area contributed by atoms with Crippen molar-refractivity contribution < 1.29 is 4.74 Å². The lowest BCUT2D eigenvalue weighted by atomic mass is 10.0. The minimum absolute atomic E-state index is 0.792. The van der Waals surface area contributed by atoms with Crippen LogP contribution in [0.2, 0.25) is 0 Å². The molecule has 1 aliphatic rings. The fraction of sp³-hybridized carbons (Fsp3) is 0.556. The molecule has 1 nitrogen and oxygen atoms in total. The lowest BCUT2D eigenvalue weighted by Crippen LogP contribution is -2.04. The van der Waals surface area contributed by atoms with Crippen molar-refractivity contribution in [2.24, 2.45) is 0 Å². The Morgan fingerprint density at radius 3 is 3.00 bits per heavy atom. The number of hydrogen-bond donors (Lipinski definition) is 0. The van der Waals surface area contributed by atoms with Gasteiger partial charge in [0.15, 0.2) is 0 Å². The molecule has 1 aliphatic heterocycles. The van der Waals surface area contributed by atoms with Gasteiger partial charge in [-0.2, -0.15) is 0 Å². The largest absolute Gasteiger partial charge is 0.377 e. The van der Waals surface area contributed by atoms with Gasteiger partial charge in [-0.15, -0.1) is 0 Å². The van der Waals surface area contributed by atoms with Gasteiger partial charge in [-0.25, -0.2) is 0 Å². The van der Waals surface area contributed by atoms with Crippen molar-refractivity contribution in [3.8, 4) is 0 Å². The summed E-state index contributed by atoms with van der Waals surface area (Å²) < 4.78 is 5.19. The highest BCUT2D eigenvalue weighted by molar-refractivity contribution is 5.29. The van der Waals surface area contributed by atoms with Crippen molar-refractivity contribution in [2.75, 3.05) is 13.2 Å². The van der Waals surface area contributed by atoms with E-state index in [1.165, 1.54) is 11.1 Å². The minimum atomic E-state index is 0.792. The summed E-state index contributed by atoms with van der Waals surface area (Å²) in [5, 5.41) is 0. The van der Waals surface area contributed by atoms with Gasteiger partial charge in [0.1, 0.15) is 0 Å². The SMILES string of the molecule is C/C=C(/C)C1=CCOCC1. The van der Waals surface area contributed by atoms with Crippen molar-refractivity contribution in [2.45, 2.75) is 20.3 Å². The molecule has 0 radical (unpaired) electrons. The van der Waals surface area contributed by atoms with E-state index in [4.69, 9.17) is 4.74 Å². The second-order valence-corrected chi connectivity index (χ2v) is 2.53. The Hall–Kier alpha value is -0.560. The Morgan fingerprint density at radius 2 is 2.50 bits per heavy atom. The van der Waals surface area contributed by atoms with E-state index in [1.54, 1.807) is 0 Å². The van der Waals surface area contributed by atoms with Crippen LogP contribution in [0.4, 0.5) is 0 Å². The molecular weight excluding hydrogens is 124 g/mol. The Balaban J connectivity index is 2.62. The summed E-state index contributed by atoms with van der Waals surface area (Å²) in [4.78, 5) is 0. The van der Waals surface area contributed by atoms with Gasteiger partial charge >= 0.3 is 0 Å². The van der Waals surface area contributed by atoms with Gasteiger partial charge in [-0.1, -0.05) is 17.7 Å². The molecule has 10 heavy (non-hydrogen) atoms. The molecule has 1 heterocycles. The average molecular weight is 138 g/mol. The third-order valence-electron chi connectivity index (χ3n) is 1.90.